The van der Waals surface area contributed by atoms with Crippen LogP contribution in [0.1, 0.15) is 61.5 Å². The zero-order valence-electron chi connectivity index (χ0n) is 15.6. The molecule has 1 amide bonds. The Kier molecular flexibility index (Phi) is 5.49. The number of ether oxygens (including phenoxy) is 2. The number of benzene rings is 1. The molecule has 1 fully saturated rings. The highest BCUT2D eigenvalue weighted by atomic mass is 16.5. The maximum atomic E-state index is 12.7. The number of rotatable bonds is 6. The minimum absolute atomic E-state index is 0.0624. The van der Waals surface area contributed by atoms with Gasteiger partial charge in [-0.05, 0) is 31.4 Å². The molecule has 0 atom stereocenters. The van der Waals surface area contributed by atoms with Crippen molar-refractivity contribution in [1.82, 2.24) is 5.16 Å². The van der Waals surface area contributed by atoms with Crippen molar-refractivity contribution in [2.24, 2.45) is 0 Å². The molecule has 26 heavy (non-hydrogen) atoms. The van der Waals surface area contributed by atoms with Gasteiger partial charge in [0, 0.05) is 11.5 Å². The summed E-state index contributed by atoms with van der Waals surface area (Å²) in [6.45, 7) is 2.19. The van der Waals surface area contributed by atoms with Crippen molar-refractivity contribution in [1.29, 1.82) is 0 Å². The third kappa shape index (κ3) is 3.41. The predicted octanol–water partition coefficient (Wildman–Crippen LogP) is 4.56. The first-order valence-corrected chi connectivity index (χ1v) is 9.13. The van der Waals surface area contributed by atoms with E-state index in [9.17, 15) is 4.79 Å². The number of anilines is 1. The minimum Gasteiger partial charge on any atom is -0.496 e. The average molecular weight is 358 g/mol. The summed E-state index contributed by atoms with van der Waals surface area (Å²) in [5.74, 6) is 0.880. The highest BCUT2D eigenvalue weighted by Gasteiger charge is 2.35. The Balaban J connectivity index is 1.83. The lowest BCUT2D eigenvalue weighted by Crippen LogP contribution is -2.28. The van der Waals surface area contributed by atoms with E-state index in [2.05, 4.69) is 17.4 Å². The number of nitrogens with one attached hydrogen (secondary N) is 1. The monoisotopic (exact) mass is 358 g/mol. The van der Waals surface area contributed by atoms with Crippen molar-refractivity contribution >= 4 is 11.8 Å². The Morgan fingerprint density at radius 2 is 1.85 bits per heavy atom. The first-order chi connectivity index (χ1) is 12.6. The topological polar surface area (TPSA) is 73.6 Å². The Morgan fingerprint density at radius 3 is 2.42 bits per heavy atom. The number of nitrogens with zero attached hydrogens (tertiary/aromatic N) is 1. The molecule has 1 aliphatic rings. The van der Waals surface area contributed by atoms with Gasteiger partial charge >= 0.3 is 0 Å². The summed E-state index contributed by atoms with van der Waals surface area (Å²) in [5, 5.41) is 7.04. The fourth-order valence-corrected chi connectivity index (χ4v) is 3.85. The second kappa shape index (κ2) is 7.81. The van der Waals surface area contributed by atoms with Crippen LogP contribution < -0.4 is 14.8 Å². The maximum Gasteiger partial charge on any atom is 0.265 e. The molecule has 1 aromatic carbocycles. The average Bonchev–Trinajstić information content (AvgIpc) is 3.16. The number of carbonyl (C=O) groups is 1. The highest BCUT2D eigenvalue weighted by molar-refractivity contribution is 6.07. The largest absolute Gasteiger partial charge is 0.496 e. The first kappa shape index (κ1) is 18.3. The standard InChI is InChI=1S/C20H26N2O4/c1-4-20(11-6-5-7-12-20)16-13-17(26-22-16)21-19(23)18-14(24-2)9-8-10-15(18)25-3/h8-10,13H,4-7,11-12H2,1-3H3,(H,21,23). The molecule has 1 aromatic heterocycles. The molecular weight excluding hydrogens is 332 g/mol. The van der Waals surface area contributed by atoms with Crippen LogP contribution in [0.5, 0.6) is 11.5 Å². The Labute approximate surface area is 153 Å². The lowest BCUT2D eigenvalue weighted by Gasteiger charge is -2.34. The van der Waals surface area contributed by atoms with Crippen LogP contribution in [0.2, 0.25) is 0 Å². The van der Waals surface area contributed by atoms with Gasteiger partial charge < -0.3 is 14.0 Å². The van der Waals surface area contributed by atoms with E-state index in [-0.39, 0.29) is 11.3 Å². The summed E-state index contributed by atoms with van der Waals surface area (Å²) in [6, 6.07) is 7.07. The summed E-state index contributed by atoms with van der Waals surface area (Å²) < 4.78 is 16.0. The van der Waals surface area contributed by atoms with Crippen LogP contribution in [0, 0.1) is 0 Å². The summed E-state index contributed by atoms with van der Waals surface area (Å²) in [6.07, 6.45) is 6.94. The zero-order valence-corrected chi connectivity index (χ0v) is 15.6. The quantitative estimate of drug-likeness (QED) is 0.819. The lowest BCUT2D eigenvalue weighted by atomic mass is 9.70. The molecule has 6 heteroatoms. The molecule has 0 aliphatic heterocycles. The van der Waals surface area contributed by atoms with Gasteiger partial charge in [-0.1, -0.05) is 37.4 Å². The smallest absolute Gasteiger partial charge is 0.265 e. The number of methoxy groups -OCH3 is 2. The number of amides is 1. The van der Waals surface area contributed by atoms with Crippen LogP contribution in [0.25, 0.3) is 0 Å². The van der Waals surface area contributed by atoms with Gasteiger partial charge in [0.05, 0.1) is 19.9 Å². The van der Waals surface area contributed by atoms with Gasteiger partial charge in [-0.2, -0.15) is 0 Å². The van der Waals surface area contributed by atoms with Crippen LogP contribution in [-0.4, -0.2) is 25.3 Å². The fourth-order valence-electron chi connectivity index (χ4n) is 3.85. The van der Waals surface area contributed by atoms with Crippen molar-refractivity contribution in [2.75, 3.05) is 19.5 Å². The summed E-state index contributed by atoms with van der Waals surface area (Å²) >= 11 is 0. The molecule has 1 aliphatic carbocycles. The van der Waals surface area contributed by atoms with Gasteiger partial charge in [-0.3, -0.25) is 10.1 Å². The number of hydrogen-bond donors (Lipinski definition) is 1. The number of carbonyl (C=O) groups excluding carboxylic acids is 1. The lowest BCUT2D eigenvalue weighted by molar-refractivity contribution is 0.101. The molecule has 0 bridgehead atoms. The van der Waals surface area contributed by atoms with Crippen molar-refractivity contribution in [3.8, 4) is 11.5 Å². The van der Waals surface area contributed by atoms with E-state index in [1.807, 2.05) is 6.07 Å². The molecule has 2 aromatic rings. The Bertz CT molecular complexity index is 741. The molecular formula is C20H26N2O4. The summed E-state index contributed by atoms with van der Waals surface area (Å²) in [4.78, 5) is 12.7. The van der Waals surface area contributed by atoms with E-state index < -0.39 is 0 Å². The molecule has 140 valence electrons. The summed E-state index contributed by atoms with van der Waals surface area (Å²) in [5.41, 5.74) is 1.33. The van der Waals surface area contributed by atoms with E-state index in [1.54, 1.807) is 18.2 Å². The van der Waals surface area contributed by atoms with Gasteiger partial charge in [-0.15, -0.1) is 0 Å². The first-order valence-electron chi connectivity index (χ1n) is 9.13. The van der Waals surface area contributed by atoms with E-state index in [0.717, 1.165) is 25.0 Å². The fraction of sp³-hybridized carbons (Fsp3) is 0.500. The predicted molar refractivity (Wildman–Crippen MR) is 99.1 cm³/mol. The van der Waals surface area contributed by atoms with Crippen molar-refractivity contribution in [3.05, 3.63) is 35.5 Å². The second-order valence-electron chi connectivity index (χ2n) is 6.76. The molecule has 0 unspecified atom stereocenters. The van der Waals surface area contributed by atoms with E-state index >= 15 is 0 Å². The van der Waals surface area contributed by atoms with Gasteiger partial charge in [0.2, 0.25) is 5.88 Å². The van der Waals surface area contributed by atoms with Gasteiger partial charge in [0.25, 0.3) is 5.91 Å². The third-order valence-electron chi connectivity index (χ3n) is 5.43. The van der Waals surface area contributed by atoms with Gasteiger partial charge in [0.1, 0.15) is 17.1 Å². The van der Waals surface area contributed by atoms with Crippen LogP contribution in [0.15, 0.2) is 28.8 Å². The highest BCUT2D eigenvalue weighted by Crippen LogP contribution is 2.42. The molecule has 0 saturated heterocycles. The van der Waals surface area contributed by atoms with Gasteiger partial charge in [-0.25, -0.2) is 0 Å². The SMILES string of the molecule is CCC1(c2cc(NC(=O)c3c(OC)cccc3OC)on2)CCCCC1. The number of aromatic nitrogens is 1. The second-order valence-corrected chi connectivity index (χ2v) is 6.76. The maximum absolute atomic E-state index is 12.7. The van der Waals surface area contributed by atoms with Crippen molar-refractivity contribution < 1.29 is 18.8 Å². The Morgan fingerprint density at radius 1 is 1.19 bits per heavy atom. The summed E-state index contributed by atoms with van der Waals surface area (Å²) in [7, 11) is 3.04. The van der Waals surface area contributed by atoms with Crippen LogP contribution in [0.3, 0.4) is 0 Å². The van der Waals surface area contributed by atoms with E-state index in [4.69, 9.17) is 14.0 Å². The zero-order chi connectivity index (χ0) is 18.6. The van der Waals surface area contributed by atoms with E-state index in [1.165, 1.54) is 33.5 Å². The van der Waals surface area contributed by atoms with Crippen LogP contribution in [-0.2, 0) is 5.41 Å². The van der Waals surface area contributed by atoms with E-state index in [0.29, 0.717) is 22.9 Å². The Hall–Kier alpha value is -2.50. The molecule has 1 N–H and O–H groups in total. The van der Waals surface area contributed by atoms with Crippen LogP contribution in [0.4, 0.5) is 5.88 Å². The molecule has 0 spiro atoms. The minimum atomic E-state index is -0.351. The normalized spacial score (nSPS) is 16.1. The van der Waals surface area contributed by atoms with Crippen molar-refractivity contribution in [3.63, 3.8) is 0 Å². The molecule has 0 radical (unpaired) electrons. The molecule has 6 nitrogen and oxygen atoms in total. The number of hydrogen-bond acceptors (Lipinski definition) is 5. The third-order valence-corrected chi connectivity index (χ3v) is 5.43. The van der Waals surface area contributed by atoms with Crippen molar-refractivity contribution in [2.45, 2.75) is 50.9 Å². The van der Waals surface area contributed by atoms with Crippen LogP contribution >= 0.6 is 0 Å². The molecule has 1 heterocycles. The molecule has 3 rings (SSSR count). The molecule has 1 saturated carbocycles. The van der Waals surface area contributed by atoms with Gasteiger partial charge in [0.15, 0.2) is 0 Å².